The summed E-state index contributed by atoms with van der Waals surface area (Å²) in [7, 11) is 0. The molecule has 6 rings (SSSR count). The number of benzene rings is 2. The van der Waals surface area contributed by atoms with Crippen molar-refractivity contribution in [2.24, 2.45) is 0 Å². The lowest BCUT2D eigenvalue weighted by molar-refractivity contribution is 0.417. The highest BCUT2D eigenvalue weighted by atomic mass is 16.1. The number of fused-ring (bicyclic) bond motifs is 2. The first-order chi connectivity index (χ1) is 14.8. The molecule has 1 N–H and O–H groups in total. The van der Waals surface area contributed by atoms with E-state index in [2.05, 4.69) is 15.6 Å². The van der Waals surface area contributed by atoms with E-state index < -0.39 is 0 Å². The van der Waals surface area contributed by atoms with Crippen LogP contribution < -0.4 is 5.56 Å². The van der Waals surface area contributed by atoms with E-state index in [1.165, 1.54) is 56.3 Å². The minimum atomic E-state index is -0.111. The van der Waals surface area contributed by atoms with Gasteiger partial charge in [-0.15, -0.1) is 0 Å². The van der Waals surface area contributed by atoms with Crippen LogP contribution in [0.15, 0.2) is 47.3 Å². The number of imidazole rings is 1. The minimum absolute atomic E-state index is 0.111. The van der Waals surface area contributed by atoms with E-state index in [0.717, 1.165) is 22.1 Å². The Morgan fingerprint density at radius 3 is 2.50 bits per heavy atom. The molecule has 0 unspecified atom stereocenters. The molecule has 30 heavy (non-hydrogen) atoms. The van der Waals surface area contributed by atoms with E-state index in [4.69, 9.17) is 9.97 Å². The summed E-state index contributed by atoms with van der Waals surface area (Å²) >= 11 is 0. The van der Waals surface area contributed by atoms with Gasteiger partial charge in [-0.3, -0.25) is 4.79 Å². The third-order valence-electron chi connectivity index (χ3n) is 6.70. The molecule has 2 aromatic heterocycles. The number of rotatable bonds is 4. The zero-order valence-electron chi connectivity index (χ0n) is 17.1. The maximum absolute atomic E-state index is 12.7. The summed E-state index contributed by atoms with van der Waals surface area (Å²) in [5, 5.41) is 0. The van der Waals surface area contributed by atoms with Gasteiger partial charge in [0.25, 0.3) is 5.56 Å². The molecule has 2 saturated carbocycles. The molecule has 0 amide bonds. The molecule has 152 valence electrons. The fourth-order valence-corrected chi connectivity index (χ4v) is 5.01. The molecular weight excluding hydrogens is 372 g/mol. The monoisotopic (exact) mass is 398 g/mol. The Morgan fingerprint density at radius 2 is 1.73 bits per heavy atom. The van der Waals surface area contributed by atoms with Crippen LogP contribution in [0.25, 0.3) is 22.1 Å². The lowest BCUT2D eigenvalue weighted by Crippen LogP contribution is -2.15. The number of nitrogens with one attached hydrogen (secondary N) is 1. The second-order valence-electron chi connectivity index (χ2n) is 8.94. The van der Waals surface area contributed by atoms with Crippen molar-refractivity contribution >= 4 is 22.1 Å². The van der Waals surface area contributed by atoms with Crippen LogP contribution in [0.5, 0.6) is 0 Å². The van der Waals surface area contributed by atoms with Crippen LogP contribution in [-0.2, 0) is 6.42 Å². The molecule has 2 aromatic carbocycles. The smallest absolute Gasteiger partial charge is 0.270 e. The lowest BCUT2D eigenvalue weighted by Gasteiger charge is -2.22. The van der Waals surface area contributed by atoms with Crippen LogP contribution >= 0.6 is 0 Å². The van der Waals surface area contributed by atoms with Crippen molar-refractivity contribution in [1.82, 2.24) is 19.5 Å². The summed E-state index contributed by atoms with van der Waals surface area (Å²) in [6.45, 7) is 0. The topological polar surface area (TPSA) is 63.6 Å². The summed E-state index contributed by atoms with van der Waals surface area (Å²) < 4.78 is 2.49. The Balaban J connectivity index is 1.48. The maximum atomic E-state index is 12.7. The summed E-state index contributed by atoms with van der Waals surface area (Å²) in [4.78, 5) is 25.6. The molecule has 4 aromatic rings. The van der Waals surface area contributed by atoms with Crippen LogP contribution in [0.3, 0.4) is 0 Å². The van der Waals surface area contributed by atoms with E-state index in [0.29, 0.717) is 24.1 Å². The molecule has 5 heteroatoms. The molecular formula is C25H26N4O. The van der Waals surface area contributed by atoms with Gasteiger partial charge in [0.2, 0.25) is 0 Å². The third kappa shape index (κ3) is 3.13. The first-order valence-electron chi connectivity index (χ1n) is 11.2. The van der Waals surface area contributed by atoms with Gasteiger partial charge in [0.15, 0.2) is 0 Å². The van der Waals surface area contributed by atoms with Gasteiger partial charge >= 0.3 is 0 Å². The second kappa shape index (κ2) is 7.08. The predicted molar refractivity (Wildman–Crippen MR) is 119 cm³/mol. The quantitative estimate of drug-likeness (QED) is 0.511. The largest absolute Gasteiger partial charge is 0.325 e. The highest BCUT2D eigenvalue weighted by Crippen LogP contribution is 2.43. The normalized spacial score (nSPS) is 17.7. The van der Waals surface area contributed by atoms with Crippen molar-refractivity contribution < 1.29 is 0 Å². The van der Waals surface area contributed by atoms with E-state index in [-0.39, 0.29) is 5.56 Å². The van der Waals surface area contributed by atoms with Crippen LogP contribution in [0.4, 0.5) is 0 Å². The Bertz CT molecular complexity index is 1280. The van der Waals surface area contributed by atoms with Crippen molar-refractivity contribution in [1.29, 1.82) is 0 Å². The van der Waals surface area contributed by atoms with Gasteiger partial charge in [-0.25, -0.2) is 9.97 Å². The van der Waals surface area contributed by atoms with Gasteiger partial charge in [0.05, 0.1) is 22.1 Å². The van der Waals surface area contributed by atoms with Gasteiger partial charge < -0.3 is 9.55 Å². The van der Waals surface area contributed by atoms with Gasteiger partial charge in [0.1, 0.15) is 11.5 Å². The average molecular weight is 399 g/mol. The molecule has 0 spiro atoms. The fraction of sp³-hybridized carbons (Fsp3) is 0.400. The zero-order valence-corrected chi connectivity index (χ0v) is 17.1. The van der Waals surface area contributed by atoms with Gasteiger partial charge in [-0.05, 0) is 43.4 Å². The first kappa shape index (κ1) is 17.9. The van der Waals surface area contributed by atoms with Crippen molar-refractivity contribution in [3.63, 3.8) is 0 Å². The summed E-state index contributed by atoms with van der Waals surface area (Å²) in [6.07, 6.45) is 9.45. The molecule has 2 aliphatic rings. The van der Waals surface area contributed by atoms with Crippen LogP contribution in [0.2, 0.25) is 0 Å². The molecule has 0 saturated heterocycles. The van der Waals surface area contributed by atoms with Gasteiger partial charge in [0, 0.05) is 18.4 Å². The van der Waals surface area contributed by atoms with E-state index in [9.17, 15) is 4.79 Å². The summed E-state index contributed by atoms with van der Waals surface area (Å²) in [6, 6.07) is 14.8. The van der Waals surface area contributed by atoms with Gasteiger partial charge in [-0.1, -0.05) is 49.6 Å². The predicted octanol–water partition coefficient (Wildman–Crippen LogP) is 5.25. The molecule has 2 aliphatic carbocycles. The molecule has 2 fully saturated rings. The Kier molecular flexibility index (Phi) is 4.22. The Morgan fingerprint density at radius 1 is 0.933 bits per heavy atom. The molecule has 0 bridgehead atoms. The minimum Gasteiger partial charge on any atom is -0.325 e. The highest BCUT2D eigenvalue weighted by Gasteiger charge is 2.31. The number of H-pyrrole nitrogens is 1. The number of hydrogen-bond acceptors (Lipinski definition) is 3. The fourth-order valence-electron chi connectivity index (χ4n) is 5.01. The summed E-state index contributed by atoms with van der Waals surface area (Å²) in [5.41, 5.74) is 5.35. The van der Waals surface area contributed by atoms with E-state index >= 15 is 0 Å². The van der Waals surface area contributed by atoms with Crippen molar-refractivity contribution in [3.8, 4) is 0 Å². The van der Waals surface area contributed by atoms with Crippen LogP contribution in [-0.4, -0.2) is 19.5 Å². The SMILES string of the molecule is O=c1[nH]c2cc3nc(C4CCCCC4)n(C4CC4)c3cc2nc1Cc1ccccc1. The van der Waals surface area contributed by atoms with Crippen molar-refractivity contribution in [2.75, 3.05) is 0 Å². The maximum Gasteiger partial charge on any atom is 0.270 e. The average Bonchev–Trinajstić information content (AvgIpc) is 3.55. The van der Waals surface area contributed by atoms with Gasteiger partial charge in [-0.2, -0.15) is 0 Å². The number of hydrogen-bond donors (Lipinski definition) is 1. The van der Waals surface area contributed by atoms with Crippen LogP contribution in [0.1, 0.15) is 74.0 Å². The number of aromatic nitrogens is 4. The Hall–Kier alpha value is -2.95. The van der Waals surface area contributed by atoms with E-state index in [1.54, 1.807) is 0 Å². The van der Waals surface area contributed by atoms with E-state index in [1.807, 2.05) is 36.4 Å². The van der Waals surface area contributed by atoms with Crippen molar-refractivity contribution in [3.05, 3.63) is 69.9 Å². The third-order valence-corrected chi connectivity index (χ3v) is 6.70. The second-order valence-corrected chi connectivity index (χ2v) is 8.94. The molecule has 0 radical (unpaired) electrons. The molecule has 0 atom stereocenters. The Labute approximate surface area is 175 Å². The first-order valence-corrected chi connectivity index (χ1v) is 11.2. The zero-order chi connectivity index (χ0) is 20.1. The summed E-state index contributed by atoms with van der Waals surface area (Å²) in [5.74, 6) is 1.82. The molecule has 0 aliphatic heterocycles. The number of aromatic amines is 1. The molecule has 2 heterocycles. The van der Waals surface area contributed by atoms with Crippen LogP contribution in [0, 0.1) is 0 Å². The molecule has 5 nitrogen and oxygen atoms in total. The highest BCUT2D eigenvalue weighted by molar-refractivity contribution is 5.91. The lowest BCUT2D eigenvalue weighted by atomic mass is 9.88. The number of nitrogens with zero attached hydrogens (tertiary/aromatic N) is 3. The van der Waals surface area contributed by atoms with Crippen molar-refractivity contribution in [2.45, 2.75) is 63.3 Å². The standard InChI is InChI=1S/C25H26N4O/c30-25-22(13-16-7-3-1-4-8-16)26-20-15-23-21(14-19(20)28-25)27-24(29(23)18-11-12-18)17-9-5-2-6-10-17/h1,3-4,7-8,14-15,17-18H,2,5-6,9-13H2,(H,28,30).